The van der Waals surface area contributed by atoms with E-state index < -0.39 is 0 Å². The number of anilines is 1. The summed E-state index contributed by atoms with van der Waals surface area (Å²) in [4.78, 5) is 12.4. The van der Waals surface area contributed by atoms with Crippen LogP contribution < -0.4 is 11.5 Å². The van der Waals surface area contributed by atoms with Crippen molar-refractivity contribution in [1.29, 1.82) is 0 Å². The SMILES string of the molecule is NC(CC1(Cn2cnc3c(N)ncnc32)CC1)=NO. The van der Waals surface area contributed by atoms with Gasteiger partial charge in [-0.3, -0.25) is 0 Å². The van der Waals surface area contributed by atoms with Gasteiger partial charge in [-0.15, -0.1) is 0 Å². The van der Waals surface area contributed by atoms with Gasteiger partial charge in [-0.05, 0) is 18.3 Å². The Bertz CT molecular complexity index is 644. The van der Waals surface area contributed by atoms with Crippen molar-refractivity contribution in [3.8, 4) is 0 Å². The number of nitrogens with zero attached hydrogens (tertiary/aromatic N) is 5. The summed E-state index contributed by atoms with van der Waals surface area (Å²) in [6.45, 7) is 0.732. The summed E-state index contributed by atoms with van der Waals surface area (Å²) in [6, 6.07) is 0. The number of oxime groups is 1. The van der Waals surface area contributed by atoms with E-state index in [4.69, 9.17) is 16.7 Å². The van der Waals surface area contributed by atoms with Gasteiger partial charge in [0.2, 0.25) is 0 Å². The van der Waals surface area contributed by atoms with Crippen molar-refractivity contribution in [2.45, 2.75) is 25.8 Å². The Labute approximate surface area is 109 Å². The van der Waals surface area contributed by atoms with Crippen LogP contribution in [0.2, 0.25) is 0 Å². The molecule has 100 valence electrons. The van der Waals surface area contributed by atoms with Crippen LogP contribution in [0.5, 0.6) is 0 Å². The second kappa shape index (κ2) is 4.08. The molecule has 8 heteroatoms. The molecule has 0 amide bonds. The largest absolute Gasteiger partial charge is 0.409 e. The number of hydrogen-bond acceptors (Lipinski definition) is 6. The standard InChI is InChI=1S/C11H15N7O/c12-7(17-19)3-11(1-2-11)4-18-6-16-8-9(13)14-5-15-10(8)18/h5-6,19H,1-4H2,(H2,12,17)(H2,13,14,15). The molecule has 0 unspecified atom stereocenters. The average Bonchev–Trinajstić information content (AvgIpc) is 3.02. The molecule has 0 spiro atoms. The van der Waals surface area contributed by atoms with E-state index >= 15 is 0 Å². The van der Waals surface area contributed by atoms with Crippen molar-refractivity contribution in [2.75, 3.05) is 5.73 Å². The van der Waals surface area contributed by atoms with Gasteiger partial charge in [0.05, 0.1) is 6.33 Å². The van der Waals surface area contributed by atoms with Crippen LogP contribution in [0.1, 0.15) is 19.3 Å². The normalized spacial score (nSPS) is 17.8. The second-order valence-corrected chi connectivity index (χ2v) is 5.07. The lowest BCUT2D eigenvalue weighted by Crippen LogP contribution is -2.21. The van der Waals surface area contributed by atoms with Crippen LogP contribution >= 0.6 is 0 Å². The summed E-state index contributed by atoms with van der Waals surface area (Å²) in [7, 11) is 0. The molecule has 1 aliphatic rings. The lowest BCUT2D eigenvalue weighted by atomic mass is 10.0. The molecule has 8 nitrogen and oxygen atoms in total. The van der Waals surface area contributed by atoms with E-state index in [1.165, 1.54) is 6.33 Å². The maximum atomic E-state index is 8.67. The monoisotopic (exact) mass is 261 g/mol. The maximum Gasteiger partial charge on any atom is 0.165 e. The predicted molar refractivity (Wildman–Crippen MR) is 69.4 cm³/mol. The van der Waals surface area contributed by atoms with Gasteiger partial charge in [0.25, 0.3) is 0 Å². The molecule has 0 atom stereocenters. The van der Waals surface area contributed by atoms with Gasteiger partial charge in [0.1, 0.15) is 17.7 Å². The Kier molecular flexibility index (Phi) is 2.51. The first-order valence-corrected chi connectivity index (χ1v) is 6.01. The number of fused-ring (bicyclic) bond motifs is 1. The van der Waals surface area contributed by atoms with Crippen LogP contribution in [0.25, 0.3) is 11.2 Å². The van der Waals surface area contributed by atoms with E-state index in [9.17, 15) is 0 Å². The predicted octanol–water partition coefficient (Wildman–Crippen LogP) is 0.325. The third-order valence-electron chi connectivity index (χ3n) is 3.58. The van der Waals surface area contributed by atoms with Crippen molar-refractivity contribution in [3.05, 3.63) is 12.7 Å². The molecule has 0 radical (unpaired) electrons. The summed E-state index contributed by atoms with van der Waals surface area (Å²) in [6.07, 6.45) is 5.80. The van der Waals surface area contributed by atoms with Gasteiger partial charge in [-0.2, -0.15) is 0 Å². The quantitative estimate of drug-likeness (QED) is 0.315. The molecule has 1 saturated carbocycles. The Balaban J connectivity index is 1.88. The fourth-order valence-electron chi connectivity index (χ4n) is 2.36. The number of aromatic nitrogens is 4. The topological polar surface area (TPSA) is 128 Å². The van der Waals surface area contributed by atoms with Crippen LogP contribution in [0, 0.1) is 5.41 Å². The van der Waals surface area contributed by atoms with Crippen LogP contribution in [0.3, 0.4) is 0 Å². The third kappa shape index (κ3) is 2.05. The summed E-state index contributed by atoms with van der Waals surface area (Å²) in [5.41, 5.74) is 12.7. The van der Waals surface area contributed by atoms with Crippen molar-refractivity contribution in [3.63, 3.8) is 0 Å². The van der Waals surface area contributed by atoms with E-state index in [1.807, 2.05) is 4.57 Å². The van der Waals surface area contributed by atoms with Crippen molar-refractivity contribution in [1.82, 2.24) is 19.5 Å². The molecule has 2 aromatic heterocycles. The van der Waals surface area contributed by atoms with E-state index in [0.717, 1.165) is 25.0 Å². The molecule has 0 aromatic carbocycles. The molecule has 0 aliphatic heterocycles. The van der Waals surface area contributed by atoms with Crippen LogP contribution in [-0.2, 0) is 6.54 Å². The minimum atomic E-state index is 0.0453. The molecule has 5 N–H and O–H groups in total. The third-order valence-corrected chi connectivity index (χ3v) is 3.58. The fraction of sp³-hybridized carbons (Fsp3) is 0.455. The van der Waals surface area contributed by atoms with Gasteiger partial charge in [0.15, 0.2) is 11.5 Å². The minimum Gasteiger partial charge on any atom is -0.409 e. The molecule has 0 bridgehead atoms. The zero-order valence-electron chi connectivity index (χ0n) is 10.3. The maximum absolute atomic E-state index is 8.67. The van der Waals surface area contributed by atoms with Gasteiger partial charge < -0.3 is 21.2 Å². The highest BCUT2D eigenvalue weighted by atomic mass is 16.4. The molecular weight excluding hydrogens is 246 g/mol. The number of rotatable bonds is 4. The molecule has 19 heavy (non-hydrogen) atoms. The fourth-order valence-corrected chi connectivity index (χ4v) is 2.36. The summed E-state index contributed by atoms with van der Waals surface area (Å²) in [5.74, 6) is 0.640. The van der Waals surface area contributed by atoms with E-state index in [0.29, 0.717) is 17.8 Å². The van der Waals surface area contributed by atoms with Crippen molar-refractivity contribution < 1.29 is 5.21 Å². The summed E-state index contributed by atoms with van der Waals surface area (Å²) >= 11 is 0. The number of nitrogens with two attached hydrogens (primary N) is 2. The first-order chi connectivity index (χ1) is 9.13. The highest BCUT2D eigenvalue weighted by Gasteiger charge is 2.44. The zero-order valence-corrected chi connectivity index (χ0v) is 10.3. The number of amidine groups is 1. The van der Waals surface area contributed by atoms with Gasteiger partial charge in [0, 0.05) is 13.0 Å². The van der Waals surface area contributed by atoms with Gasteiger partial charge in [-0.25, -0.2) is 15.0 Å². The molecule has 2 heterocycles. The minimum absolute atomic E-state index is 0.0453. The molecule has 3 rings (SSSR count). The molecule has 1 fully saturated rings. The molecule has 2 aromatic rings. The van der Waals surface area contributed by atoms with Crippen LogP contribution in [0.15, 0.2) is 17.8 Å². The van der Waals surface area contributed by atoms with Crippen molar-refractivity contribution in [2.24, 2.45) is 16.3 Å². The Hall–Kier alpha value is -2.38. The van der Waals surface area contributed by atoms with Gasteiger partial charge in [-0.1, -0.05) is 5.16 Å². The average molecular weight is 261 g/mol. The zero-order chi connectivity index (χ0) is 13.5. The van der Waals surface area contributed by atoms with E-state index in [2.05, 4.69) is 20.1 Å². The lowest BCUT2D eigenvalue weighted by molar-refractivity contribution is 0.313. The number of nitrogen functional groups attached to an aromatic ring is 1. The smallest absolute Gasteiger partial charge is 0.165 e. The van der Waals surface area contributed by atoms with Gasteiger partial charge >= 0.3 is 0 Å². The van der Waals surface area contributed by atoms with Crippen molar-refractivity contribution >= 4 is 22.8 Å². The van der Waals surface area contributed by atoms with Crippen LogP contribution in [0.4, 0.5) is 5.82 Å². The Morgan fingerprint density at radius 2 is 2.21 bits per heavy atom. The molecule has 0 saturated heterocycles. The first-order valence-electron chi connectivity index (χ1n) is 6.01. The lowest BCUT2D eigenvalue weighted by Gasteiger charge is -2.14. The van der Waals surface area contributed by atoms with Crippen LogP contribution in [-0.4, -0.2) is 30.6 Å². The Morgan fingerprint density at radius 3 is 2.89 bits per heavy atom. The van der Waals surface area contributed by atoms with E-state index in [-0.39, 0.29) is 11.3 Å². The second-order valence-electron chi connectivity index (χ2n) is 5.07. The molecule has 1 aliphatic carbocycles. The summed E-state index contributed by atoms with van der Waals surface area (Å²) in [5, 5.41) is 11.7. The highest BCUT2D eigenvalue weighted by molar-refractivity contribution is 5.82. The first kappa shape index (κ1) is 11.7. The Morgan fingerprint density at radius 1 is 1.42 bits per heavy atom. The molecular formula is C11H15N7O. The number of imidazole rings is 1. The highest BCUT2D eigenvalue weighted by Crippen LogP contribution is 2.50. The summed E-state index contributed by atoms with van der Waals surface area (Å²) < 4.78 is 1.95. The number of hydrogen-bond donors (Lipinski definition) is 3. The van der Waals surface area contributed by atoms with E-state index in [1.54, 1.807) is 6.33 Å².